The summed E-state index contributed by atoms with van der Waals surface area (Å²) in [5, 5.41) is 11.2. The number of nitrogens with zero attached hydrogens (tertiary/aromatic N) is 8. The molecular weight excluding hydrogens is 725 g/mol. The SMILES string of the molecule is C.C.C.CC(=O)Oc1ccc(-n2cnc3c(sc4nccc(N(C)C)c43)c2=O)cc1.CN(C)c1ccnc2sc3c(=O)n(-c4ccc(O)cc4)cnc3c12. The van der Waals surface area contributed by atoms with E-state index >= 15 is 0 Å². The molecule has 1 N–H and O–H groups in total. The largest absolute Gasteiger partial charge is 0.508 e. The summed E-state index contributed by atoms with van der Waals surface area (Å²) in [6.07, 6.45) is 6.52. The van der Waals surface area contributed by atoms with Crippen molar-refractivity contribution < 1.29 is 14.6 Å². The van der Waals surface area contributed by atoms with Crippen molar-refractivity contribution >= 4 is 80.9 Å². The van der Waals surface area contributed by atoms with Crippen LogP contribution in [0.1, 0.15) is 29.2 Å². The summed E-state index contributed by atoms with van der Waals surface area (Å²) in [6.45, 7) is 1.34. The van der Waals surface area contributed by atoms with E-state index in [0.717, 1.165) is 31.8 Å². The number of fused-ring (bicyclic) bond motifs is 6. The van der Waals surface area contributed by atoms with Gasteiger partial charge in [-0.3, -0.25) is 23.5 Å². The molecule has 8 aromatic rings. The van der Waals surface area contributed by atoms with Gasteiger partial charge in [-0.15, -0.1) is 22.7 Å². The Hall–Kier alpha value is -6.19. The van der Waals surface area contributed by atoms with Crippen LogP contribution in [0.25, 0.3) is 52.2 Å². The zero-order valence-corrected chi connectivity index (χ0v) is 29.7. The molecule has 0 aliphatic carbocycles. The highest BCUT2D eigenvalue weighted by atomic mass is 32.1. The Balaban J connectivity index is 0.000000229. The average Bonchev–Trinajstić information content (AvgIpc) is 3.69. The molecule has 8 rings (SSSR count). The van der Waals surface area contributed by atoms with Gasteiger partial charge >= 0.3 is 5.97 Å². The van der Waals surface area contributed by atoms with Gasteiger partial charge in [-0.05, 0) is 60.7 Å². The first kappa shape index (κ1) is 40.6. The third kappa shape index (κ3) is 7.36. The lowest BCUT2D eigenvalue weighted by molar-refractivity contribution is -0.131. The maximum absolute atomic E-state index is 13.0. The molecular formula is C39H42N8O5S2. The molecule has 6 heterocycles. The third-order valence-corrected chi connectivity index (χ3v) is 10.1. The fraction of sp³-hybridized carbons (Fsp3) is 0.205. The molecule has 13 nitrogen and oxygen atoms in total. The predicted octanol–water partition coefficient (Wildman–Crippen LogP) is 7.66. The van der Waals surface area contributed by atoms with Crippen LogP contribution in [0.5, 0.6) is 11.5 Å². The number of phenolic OH excluding ortho intramolecular Hbond substituents is 1. The maximum Gasteiger partial charge on any atom is 0.308 e. The molecule has 54 heavy (non-hydrogen) atoms. The maximum atomic E-state index is 13.0. The normalized spacial score (nSPS) is 10.5. The van der Waals surface area contributed by atoms with Crippen LogP contribution < -0.4 is 25.7 Å². The topological polar surface area (TPSA) is 149 Å². The van der Waals surface area contributed by atoms with Gasteiger partial charge in [0.1, 0.15) is 43.2 Å². The minimum Gasteiger partial charge on any atom is -0.508 e. The minimum atomic E-state index is -0.391. The van der Waals surface area contributed by atoms with Gasteiger partial charge in [0.2, 0.25) is 0 Å². The van der Waals surface area contributed by atoms with Crippen LogP contribution in [0.15, 0.2) is 95.3 Å². The fourth-order valence-electron chi connectivity index (χ4n) is 5.64. The summed E-state index contributed by atoms with van der Waals surface area (Å²) in [5.41, 5.74) is 4.29. The van der Waals surface area contributed by atoms with E-state index in [1.165, 1.54) is 51.4 Å². The van der Waals surface area contributed by atoms with Crippen molar-refractivity contribution in [2.75, 3.05) is 38.0 Å². The van der Waals surface area contributed by atoms with Gasteiger partial charge in [0, 0.05) is 47.5 Å². The molecule has 0 atom stereocenters. The molecule has 0 fully saturated rings. The van der Waals surface area contributed by atoms with E-state index in [-0.39, 0.29) is 39.1 Å². The molecule has 2 aromatic carbocycles. The van der Waals surface area contributed by atoms with Gasteiger partial charge in [0.05, 0.1) is 44.6 Å². The molecule has 0 radical (unpaired) electrons. The van der Waals surface area contributed by atoms with Crippen LogP contribution in [-0.2, 0) is 4.79 Å². The Labute approximate surface area is 320 Å². The van der Waals surface area contributed by atoms with Crippen LogP contribution in [-0.4, -0.2) is 68.3 Å². The predicted molar refractivity (Wildman–Crippen MR) is 223 cm³/mol. The quantitative estimate of drug-likeness (QED) is 0.136. The Bertz CT molecular complexity index is 2720. The number of phenols is 1. The summed E-state index contributed by atoms with van der Waals surface area (Å²) >= 11 is 2.69. The molecule has 0 aliphatic rings. The monoisotopic (exact) mass is 766 g/mol. The van der Waals surface area contributed by atoms with Gasteiger partial charge in [-0.1, -0.05) is 22.3 Å². The van der Waals surface area contributed by atoms with Gasteiger partial charge < -0.3 is 19.6 Å². The van der Waals surface area contributed by atoms with E-state index in [2.05, 4.69) is 19.9 Å². The van der Waals surface area contributed by atoms with E-state index < -0.39 is 5.97 Å². The standard InChI is InChI=1S/C19H16N4O3S.C17H14N4O2S.3CH4/c1-11(24)26-13-6-4-12(5-7-13)23-10-21-16-15-14(22(2)3)8-9-20-18(15)27-17(16)19(23)25;1-20(2)12-7-8-18-16-13(12)14-15(24-16)17(23)21(9-19-14)10-3-5-11(22)6-4-10;;;/h4-10H,1-3H3;3-9,22H,1-2H3;3*1H4. The molecule has 15 heteroatoms. The van der Waals surface area contributed by atoms with Crippen molar-refractivity contribution in [1.29, 1.82) is 0 Å². The summed E-state index contributed by atoms with van der Waals surface area (Å²) in [7, 11) is 7.81. The average molecular weight is 767 g/mol. The van der Waals surface area contributed by atoms with Crippen molar-refractivity contribution in [3.05, 3.63) is 106 Å². The van der Waals surface area contributed by atoms with E-state index in [1.807, 2.05) is 50.1 Å². The highest BCUT2D eigenvalue weighted by molar-refractivity contribution is 7.25. The first-order chi connectivity index (χ1) is 24.5. The lowest BCUT2D eigenvalue weighted by Gasteiger charge is -2.13. The van der Waals surface area contributed by atoms with E-state index in [0.29, 0.717) is 37.6 Å². The second-order valence-corrected chi connectivity index (χ2v) is 13.8. The van der Waals surface area contributed by atoms with E-state index in [1.54, 1.807) is 60.9 Å². The number of hydrogen-bond acceptors (Lipinski definition) is 13. The number of rotatable bonds is 5. The number of benzene rings is 2. The highest BCUT2D eigenvalue weighted by Crippen LogP contribution is 2.36. The van der Waals surface area contributed by atoms with Crippen LogP contribution in [0.4, 0.5) is 11.4 Å². The number of aromatic hydroxyl groups is 1. The highest BCUT2D eigenvalue weighted by Gasteiger charge is 2.18. The number of aromatic nitrogens is 6. The van der Waals surface area contributed by atoms with Crippen molar-refractivity contribution in [3.63, 3.8) is 0 Å². The number of hydrogen-bond donors (Lipinski definition) is 1. The molecule has 280 valence electrons. The second-order valence-electron chi connectivity index (χ2n) is 11.8. The van der Waals surface area contributed by atoms with Gasteiger partial charge in [0.25, 0.3) is 11.1 Å². The number of anilines is 2. The molecule has 0 spiro atoms. The van der Waals surface area contributed by atoms with Crippen molar-refractivity contribution in [2.45, 2.75) is 29.2 Å². The van der Waals surface area contributed by atoms with Crippen molar-refractivity contribution in [1.82, 2.24) is 29.1 Å². The number of esters is 1. The number of pyridine rings is 2. The summed E-state index contributed by atoms with van der Waals surface area (Å²) < 4.78 is 9.11. The van der Waals surface area contributed by atoms with Gasteiger partial charge in [0.15, 0.2) is 0 Å². The number of carbonyl (C=O) groups is 1. The Morgan fingerprint density at radius 3 is 1.44 bits per heavy atom. The van der Waals surface area contributed by atoms with Crippen LogP contribution in [0.3, 0.4) is 0 Å². The molecule has 0 aliphatic heterocycles. The van der Waals surface area contributed by atoms with Crippen LogP contribution in [0.2, 0.25) is 0 Å². The summed E-state index contributed by atoms with van der Waals surface area (Å²) in [5.74, 6) is 0.190. The van der Waals surface area contributed by atoms with Gasteiger partial charge in [-0.25, -0.2) is 19.9 Å². The lowest BCUT2D eigenvalue weighted by Crippen LogP contribution is -2.17. The molecule has 0 bridgehead atoms. The van der Waals surface area contributed by atoms with Crippen LogP contribution in [0, 0.1) is 0 Å². The molecule has 0 saturated carbocycles. The molecule has 0 unspecified atom stereocenters. The Morgan fingerprint density at radius 2 is 1.06 bits per heavy atom. The van der Waals surface area contributed by atoms with E-state index in [4.69, 9.17) is 4.74 Å². The Kier molecular flexibility index (Phi) is 12.2. The van der Waals surface area contributed by atoms with Crippen molar-refractivity contribution in [2.24, 2.45) is 0 Å². The van der Waals surface area contributed by atoms with Crippen molar-refractivity contribution in [3.8, 4) is 22.9 Å². The first-order valence-corrected chi connectivity index (χ1v) is 17.2. The van der Waals surface area contributed by atoms with Crippen LogP contribution >= 0.6 is 22.7 Å². The number of ether oxygens (including phenoxy) is 1. The number of carbonyl (C=O) groups excluding carboxylic acids is 1. The second kappa shape index (κ2) is 16.2. The Morgan fingerprint density at radius 1 is 0.648 bits per heavy atom. The zero-order valence-electron chi connectivity index (χ0n) is 28.1. The number of thiophene rings is 2. The third-order valence-electron chi connectivity index (χ3n) is 7.99. The smallest absolute Gasteiger partial charge is 0.308 e. The van der Waals surface area contributed by atoms with Gasteiger partial charge in [-0.2, -0.15) is 0 Å². The molecule has 0 amide bonds. The first-order valence-electron chi connectivity index (χ1n) is 15.5. The summed E-state index contributed by atoms with van der Waals surface area (Å²) in [4.78, 5) is 60.4. The lowest BCUT2D eigenvalue weighted by atomic mass is 10.2. The van der Waals surface area contributed by atoms with E-state index in [9.17, 15) is 19.5 Å². The minimum absolute atomic E-state index is 0. The fourth-order valence-corrected chi connectivity index (χ4v) is 7.74. The summed E-state index contributed by atoms with van der Waals surface area (Å²) in [6, 6.07) is 17.0. The molecule has 6 aromatic heterocycles. The zero-order chi connectivity index (χ0) is 36.0. The molecule has 0 saturated heterocycles.